The van der Waals surface area contributed by atoms with Crippen LogP contribution in [0.2, 0.25) is 0 Å². The van der Waals surface area contributed by atoms with E-state index in [1.807, 2.05) is 30.3 Å². The molecule has 1 heterocycles. The maximum absolute atomic E-state index is 13.2. The van der Waals surface area contributed by atoms with Crippen LogP contribution in [0, 0.1) is 7.14 Å². The second kappa shape index (κ2) is 7.39. The molecule has 138 valence electrons. The minimum absolute atomic E-state index is 0.133. The first-order valence-electron chi connectivity index (χ1n) is 7.42. The van der Waals surface area contributed by atoms with Gasteiger partial charge in [-0.15, -0.1) is 0 Å². The summed E-state index contributed by atoms with van der Waals surface area (Å²) < 4.78 is 66.0. The molecule has 0 fully saturated rings. The molecule has 0 bridgehead atoms. The number of nitrogens with zero attached hydrogens (tertiary/aromatic N) is 2. The van der Waals surface area contributed by atoms with E-state index >= 15 is 0 Å². The first kappa shape index (κ1) is 18.9. The SMILES string of the molecule is O=S(=O)(I(c1ccccc1)c1cnn(Cc2ccccc2)c1)C(F)(F)F. The van der Waals surface area contributed by atoms with Crippen molar-refractivity contribution in [3.63, 3.8) is 0 Å². The molecule has 0 unspecified atom stereocenters. The van der Waals surface area contributed by atoms with E-state index in [4.69, 9.17) is 0 Å². The number of hydrogen-bond donors (Lipinski definition) is 0. The van der Waals surface area contributed by atoms with E-state index in [9.17, 15) is 21.6 Å². The molecule has 0 aliphatic heterocycles. The third-order valence-corrected chi connectivity index (χ3v) is 15.3. The van der Waals surface area contributed by atoms with E-state index < -0.39 is 31.0 Å². The summed E-state index contributed by atoms with van der Waals surface area (Å²) in [5, 5.41) is 4.08. The summed E-state index contributed by atoms with van der Waals surface area (Å²) in [5.74, 6) is 0. The molecular weight excluding hydrogens is 480 g/mol. The molecule has 0 atom stereocenters. The van der Waals surface area contributed by atoms with Crippen molar-refractivity contribution in [3.05, 3.63) is 85.8 Å². The summed E-state index contributed by atoms with van der Waals surface area (Å²) in [4.78, 5) is 0. The molecular formula is C17H14F3IN2O2S. The van der Waals surface area contributed by atoms with Crippen molar-refractivity contribution in [2.45, 2.75) is 12.1 Å². The standard InChI is InChI=1S/C17H14F3IN2O2S/c18-17(19,20)26(24,25)21(15-9-5-2-6-10-15)16-11-22-23(13-16)12-14-7-3-1-4-8-14/h1-11,13H,12H2. The molecule has 0 saturated heterocycles. The first-order valence-corrected chi connectivity index (χ1v) is 13.6. The molecule has 0 aliphatic rings. The Balaban J connectivity index is 2.01. The van der Waals surface area contributed by atoms with Gasteiger partial charge in [0.2, 0.25) is 0 Å². The Morgan fingerprint density at radius 3 is 2.08 bits per heavy atom. The van der Waals surface area contributed by atoms with Gasteiger partial charge >= 0.3 is 155 Å². The van der Waals surface area contributed by atoms with Crippen LogP contribution in [0.5, 0.6) is 0 Å². The van der Waals surface area contributed by atoms with Crippen molar-refractivity contribution in [3.8, 4) is 0 Å². The minimum atomic E-state index is -5.30. The Hall–Kier alpha value is -1.88. The van der Waals surface area contributed by atoms with E-state index in [2.05, 4.69) is 5.10 Å². The zero-order chi connectivity index (χ0) is 18.8. The predicted octanol–water partition coefficient (Wildman–Crippen LogP) is 4.33. The van der Waals surface area contributed by atoms with E-state index in [-0.39, 0.29) is 7.14 Å². The molecule has 4 nitrogen and oxygen atoms in total. The van der Waals surface area contributed by atoms with Crippen LogP contribution in [0.3, 0.4) is 0 Å². The van der Waals surface area contributed by atoms with E-state index in [1.165, 1.54) is 29.2 Å². The van der Waals surface area contributed by atoms with Crippen molar-refractivity contribution >= 4 is 25.4 Å². The van der Waals surface area contributed by atoms with Crippen LogP contribution in [0.1, 0.15) is 5.56 Å². The van der Waals surface area contributed by atoms with Gasteiger partial charge in [-0.05, 0) is 0 Å². The Morgan fingerprint density at radius 1 is 0.923 bits per heavy atom. The van der Waals surface area contributed by atoms with Gasteiger partial charge in [-0.2, -0.15) is 0 Å². The molecule has 0 amide bonds. The zero-order valence-corrected chi connectivity index (χ0v) is 16.2. The van der Waals surface area contributed by atoms with Gasteiger partial charge in [0.1, 0.15) is 0 Å². The number of aromatic nitrogens is 2. The number of halogens is 4. The molecule has 0 aliphatic carbocycles. The van der Waals surface area contributed by atoms with Crippen LogP contribution in [0.25, 0.3) is 0 Å². The quantitative estimate of drug-likeness (QED) is 0.392. The molecule has 3 aromatic rings. The predicted molar refractivity (Wildman–Crippen MR) is 101 cm³/mol. The Kier molecular flexibility index (Phi) is 5.37. The number of hydrogen-bond acceptors (Lipinski definition) is 3. The van der Waals surface area contributed by atoms with Gasteiger partial charge in [0.25, 0.3) is 0 Å². The molecule has 2 aromatic carbocycles. The zero-order valence-electron chi connectivity index (χ0n) is 13.3. The Bertz CT molecular complexity index is 974. The van der Waals surface area contributed by atoms with E-state index in [0.717, 1.165) is 5.56 Å². The van der Waals surface area contributed by atoms with E-state index in [0.29, 0.717) is 6.54 Å². The number of benzene rings is 2. The molecule has 26 heavy (non-hydrogen) atoms. The van der Waals surface area contributed by atoms with Crippen LogP contribution in [-0.4, -0.2) is 23.7 Å². The molecule has 9 heteroatoms. The van der Waals surface area contributed by atoms with Crippen molar-refractivity contribution in [2.24, 2.45) is 0 Å². The summed E-state index contributed by atoms with van der Waals surface area (Å²) in [7, 11) is -5.30. The van der Waals surface area contributed by atoms with Crippen molar-refractivity contribution in [1.82, 2.24) is 9.78 Å². The van der Waals surface area contributed by atoms with Gasteiger partial charge in [0, 0.05) is 0 Å². The molecule has 0 spiro atoms. The third-order valence-electron chi connectivity index (χ3n) is 3.40. The summed E-state index contributed by atoms with van der Waals surface area (Å²) >= 11 is -3.83. The summed E-state index contributed by atoms with van der Waals surface area (Å²) in [5.41, 5.74) is -4.38. The van der Waals surface area contributed by atoms with Crippen LogP contribution in [-0.2, 0) is 13.6 Å². The molecule has 1 aromatic heterocycles. The van der Waals surface area contributed by atoms with Gasteiger partial charge < -0.3 is 0 Å². The molecule has 0 radical (unpaired) electrons. The molecule has 0 N–H and O–H groups in total. The maximum atomic E-state index is 13.2. The van der Waals surface area contributed by atoms with Crippen LogP contribution in [0.4, 0.5) is 13.2 Å². The van der Waals surface area contributed by atoms with Crippen molar-refractivity contribution in [1.29, 1.82) is 0 Å². The first-order chi connectivity index (χ1) is 12.3. The van der Waals surface area contributed by atoms with Gasteiger partial charge in [0.15, 0.2) is 0 Å². The number of alkyl halides is 3. The van der Waals surface area contributed by atoms with Crippen LogP contribution in [0.15, 0.2) is 73.1 Å². The fraction of sp³-hybridized carbons (Fsp3) is 0.118. The second-order valence-electron chi connectivity index (χ2n) is 5.27. The Labute approximate surface area is 154 Å². The van der Waals surface area contributed by atoms with Gasteiger partial charge in [-0.25, -0.2) is 0 Å². The monoisotopic (exact) mass is 494 g/mol. The van der Waals surface area contributed by atoms with Gasteiger partial charge in [0.05, 0.1) is 0 Å². The average Bonchev–Trinajstić information content (AvgIpc) is 3.03. The topological polar surface area (TPSA) is 52.0 Å². The van der Waals surface area contributed by atoms with Crippen molar-refractivity contribution < 1.29 is 21.6 Å². The number of rotatable bonds is 5. The molecule has 3 rings (SSSR count). The Morgan fingerprint density at radius 2 is 1.50 bits per heavy atom. The summed E-state index contributed by atoms with van der Waals surface area (Å²) in [6.45, 7) is 0.353. The third kappa shape index (κ3) is 3.93. The van der Waals surface area contributed by atoms with Crippen LogP contribution >= 0.6 is 18.4 Å². The van der Waals surface area contributed by atoms with Gasteiger partial charge in [-0.3, -0.25) is 0 Å². The second-order valence-corrected chi connectivity index (χ2v) is 16.1. The van der Waals surface area contributed by atoms with Crippen LogP contribution < -0.4 is 0 Å². The average molecular weight is 494 g/mol. The fourth-order valence-electron chi connectivity index (χ4n) is 2.26. The fourth-order valence-corrected chi connectivity index (χ4v) is 12.4. The van der Waals surface area contributed by atoms with Crippen molar-refractivity contribution in [2.75, 3.05) is 0 Å². The molecule has 0 saturated carbocycles. The summed E-state index contributed by atoms with van der Waals surface area (Å²) in [6, 6.07) is 16.9. The van der Waals surface area contributed by atoms with E-state index in [1.54, 1.807) is 18.2 Å². The normalized spacial score (nSPS) is 12.8. The van der Waals surface area contributed by atoms with Gasteiger partial charge in [-0.1, -0.05) is 0 Å². The summed E-state index contributed by atoms with van der Waals surface area (Å²) in [6.07, 6.45) is 2.65.